The third-order valence-corrected chi connectivity index (χ3v) is 6.16. The van der Waals surface area contributed by atoms with Crippen LogP contribution in [0, 0.1) is 0 Å². The molecular formula is C23H49NO7P+. The highest BCUT2D eigenvalue weighted by Crippen LogP contribution is 2.43. The number of phosphoric acid groups is 1. The van der Waals surface area contributed by atoms with Crippen molar-refractivity contribution in [3.05, 3.63) is 0 Å². The number of carbonyl (C=O) groups is 1. The Hall–Kier alpha value is -0.500. The van der Waals surface area contributed by atoms with Crippen LogP contribution in [0.1, 0.15) is 90.4 Å². The normalized spacial score (nSPS) is 14.8. The molecule has 0 heterocycles. The van der Waals surface area contributed by atoms with Crippen molar-refractivity contribution < 1.29 is 37.6 Å². The molecule has 0 aromatic carbocycles. The molecule has 0 amide bonds. The number of quaternary nitrogens is 1. The van der Waals surface area contributed by atoms with Gasteiger partial charge in [-0.3, -0.25) is 13.8 Å². The van der Waals surface area contributed by atoms with Crippen LogP contribution in [0.2, 0.25) is 0 Å². The van der Waals surface area contributed by atoms with Gasteiger partial charge in [-0.2, -0.15) is 0 Å². The molecule has 0 saturated carbocycles. The van der Waals surface area contributed by atoms with Crippen molar-refractivity contribution in [2.75, 3.05) is 47.5 Å². The summed E-state index contributed by atoms with van der Waals surface area (Å²) in [6.45, 7) is 1.95. The van der Waals surface area contributed by atoms with E-state index in [4.69, 9.17) is 13.8 Å². The third-order valence-electron chi connectivity index (χ3n) is 5.18. The van der Waals surface area contributed by atoms with Gasteiger partial charge in [0.2, 0.25) is 0 Å². The van der Waals surface area contributed by atoms with Crippen LogP contribution in [0.5, 0.6) is 0 Å². The van der Waals surface area contributed by atoms with Crippen molar-refractivity contribution in [1.29, 1.82) is 0 Å². The molecule has 9 heteroatoms. The first-order chi connectivity index (χ1) is 15.1. The van der Waals surface area contributed by atoms with Crippen LogP contribution in [0.25, 0.3) is 0 Å². The molecule has 192 valence electrons. The highest BCUT2D eigenvalue weighted by Gasteiger charge is 2.25. The summed E-state index contributed by atoms with van der Waals surface area (Å²) in [5.74, 6) is -0.432. The molecular weight excluding hydrogens is 433 g/mol. The van der Waals surface area contributed by atoms with Crippen LogP contribution in [-0.2, 0) is 23.1 Å². The monoisotopic (exact) mass is 482 g/mol. The minimum absolute atomic E-state index is 0.0554. The summed E-state index contributed by atoms with van der Waals surface area (Å²) in [5, 5.41) is 9.36. The summed E-state index contributed by atoms with van der Waals surface area (Å²) >= 11 is 0. The first kappa shape index (κ1) is 31.5. The van der Waals surface area contributed by atoms with Gasteiger partial charge in [-0.05, 0) is 6.42 Å². The summed E-state index contributed by atoms with van der Waals surface area (Å²) < 4.78 is 27.4. The van der Waals surface area contributed by atoms with Crippen molar-refractivity contribution in [1.82, 2.24) is 0 Å². The van der Waals surface area contributed by atoms with Gasteiger partial charge < -0.3 is 19.2 Å². The number of likely N-dealkylation sites (N-methyl/N-ethyl adjacent to an activating group) is 1. The molecule has 0 bridgehead atoms. The van der Waals surface area contributed by atoms with E-state index in [0.29, 0.717) is 11.0 Å². The molecule has 0 saturated heterocycles. The zero-order chi connectivity index (χ0) is 24.3. The molecule has 0 aliphatic heterocycles. The largest absolute Gasteiger partial charge is 0.472 e. The summed E-state index contributed by atoms with van der Waals surface area (Å²) in [5.41, 5.74) is 0. The Morgan fingerprint density at radius 2 is 1.38 bits per heavy atom. The Labute approximate surface area is 195 Å². The Morgan fingerprint density at radius 3 is 1.84 bits per heavy atom. The summed E-state index contributed by atoms with van der Waals surface area (Å²) in [6, 6.07) is 0. The Bertz CT molecular complexity index is 511. The summed E-state index contributed by atoms with van der Waals surface area (Å²) in [6.07, 6.45) is 13.9. The van der Waals surface area contributed by atoms with E-state index in [2.05, 4.69) is 6.92 Å². The lowest BCUT2D eigenvalue weighted by Crippen LogP contribution is -2.37. The second kappa shape index (κ2) is 18.9. The number of hydrogen-bond acceptors (Lipinski definition) is 6. The number of hydrogen-bond donors (Lipinski definition) is 2. The van der Waals surface area contributed by atoms with Crippen LogP contribution >= 0.6 is 7.82 Å². The molecule has 0 aliphatic carbocycles. The predicted molar refractivity (Wildman–Crippen MR) is 127 cm³/mol. The number of esters is 1. The van der Waals surface area contributed by atoms with Crippen molar-refractivity contribution in [2.24, 2.45) is 0 Å². The number of rotatable bonds is 22. The van der Waals surface area contributed by atoms with Crippen molar-refractivity contribution in [3.8, 4) is 0 Å². The number of unbranched alkanes of at least 4 members (excludes halogenated alkanes) is 11. The molecule has 1 unspecified atom stereocenters. The highest BCUT2D eigenvalue weighted by atomic mass is 31.2. The van der Waals surface area contributed by atoms with Gasteiger partial charge in [0.05, 0.1) is 34.4 Å². The Kier molecular flexibility index (Phi) is 18.6. The van der Waals surface area contributed by atoms with Gasteiger partial charge in [0.1, 0.15) is 19.3 Å². The number of aliphatic hydroxyl groups is 1. The van der Waals surface area contributed by atoms with E-state index in [9.17, 15) is 19.4 Å². The van der Waals surface area contributed by atoms with Crippen LogP contribution in [0.4, 0.5) is 0 Å². The van der Waals surface area contributed by atoms with Gasteiger partial charge in [-0.1, -0.05) is 77.6 Å². The lowest BCUT2D eigenvalue weighted by atomic mass is 10.0. The molecule has 0 aromatic rings. The second-order valence-electron chi connectivity index (χ2n) is 9.55. The summed E-state index contributed by atoms with van der Waals surface area (Å²) in [7, 11) is 1.55. The Morgan fingerprint density at radius 1 is 0.875 bits per heavy atom. The molecule has 0 rings (SSSR count). The predicted octanol–water partition coefficient (Wildman–Crippen LogP) is 4.82. The summed E-state index contributed by atoms with van der Waals surface area (Å²) in [4.78, 5) is 21.6. The fourth-order valence-corrected chi connectivity index (χ4v) is 3.87. The van der Waals surface area contributed by atoms with Crippen molar-refractivity contribution in [3.63, 3.8) is 0 Å². The molecule has 0 spiro atoms. The molecule has 2 atom stereocenters. The van der Waals surface area contributed by atoms with Crippen LogP contribution < -0.4 is 0 Å². The second-order valence-corrected chi connectivity index (χ2v) is 11.0. The third kappa shape index (κ3) is 21.4. The quantitative estimate of drug-likeness (QED) is 0.0987. The van der Waals surface area contributed by atoms with Crippen LogP contribution in [0.3, 0.4) is 0 Å². The van der Waals surface area contributed by atoms with E-state index in [1.54, 1.807) is 0 Å². The minimum Gasteiger partial charge on any atom is -0.457 e. The average Bonchev–Trinajstić information content (AvgIpc) is 2.70. The maximum absolute atomic E-state index is 11.9. The van der Waals surface area contributed by atoms with Crippen molar-refractivity contribution >= 4 is 13.8 Å². The maximum atomic E-state index is 11.9. The molecule has 32 heavy (non-hydrogen) atoms. The number of aliphatic hydroxyl groups excluding tert-OH is 1. The van der Waals surface area contributed by atoms with E-state index >= 15 is 0 Å². The van der Waals surface area contributed by atoms with E-state index in [0.717, 1.165) is 19.3 Å². The lowest BCUT2D eigenvalue weighted by molar-refractivity contribution is -0.870. The minimum atomic E-state index is -4.25. The molecule has 8 nitrogen and oxygen atoms in total. The topological polar surface area (TPSA) is 102 Å². The molecule has 0 radical (unpaired) electrons. The smallest absolute Gasteiger partial charge is 0.457 e. The maximum Gasteiger partial charge on any atom is 0.472 e. The van der Waals surface area contributed by atoms with E-state index in [1.165, 1.54) is 57.8 Å². The number of phosphoric ester groups is 1. The van der Waals surface area contributed by atoms with Gasteiger partial charge in [0.25, 0.3) is 0 Å². The van der Waals surface area contributed by atoms with E-state index in [1.807, 2.05) is 21.1 Å². The van der Waals surface area contributed by atoms with Gasteiger partial charge in [0, 0.05) is 6.42 Å². The molecule has 2 N–H and O–H groups in total. The standard InChI is InChI=1S/C23H48NO7P/c1-5-6-7-8-9-10-11-12-13-14-15-16-17-23(26)31-22(20-25)21-30-32(27,28)29-19-18-24(2,3)4/h22,25H,5-21H2,1-4H3/p+1/t22-/m0/s1. The van der Waals surface area contributed by atoms with E-state index in [-0.39, 0.29) is 13.0 Å². The van der Waals surface area contributed by atoms with E-state index < -0.39 is 33.1 Å². The first-order valence-electron chi connectivity index (χ1n) is 12.3. The molecule has 0 aliphatic rings. The first-order valence-corrected chi connectivity index (χ1v) is 13.8. The number of ether oxygens (including phenoxy) is 1. The molecule has 0 fully saturated rings. The zero-order valence-electron chi connectivity index (χ0n) is 20.9. The van der Waals surface area contributed by atoms with Gasteiger partial charge in [-0.15, -0.1) is 0 Å². The van der Waals surface area contributed by atoms with Gasteiger partial charge >= 0.3 is 13.8 Å². The van der Waals surface area contributed by atoms with Gasteiger partial charge in [-0.25, -0.2) is 4.57 Å². The SMILES string of the molecule is CCCCCCCCCCCCCCC(=O)O[C@@H](CO)COP(=O)(O)OCC[N+](C)(C)C. The highest BCUT2D eigenvalue weighted by molar-refractivity contribution is 7.47. The lowest BCUT2D eigenvalue weighted by Gasteiger charge is -2.24. The fourth-order valence-electron chi connectivity index (χ4n) is 3.12. The number of nitrogens with zero attached hydrogens (tertiary/aromatic N) is 1. The average molecular weight is 483 g/mol. The van der Waals surface area contributed by atoms with Crippen molar-refractivity contribution in [2.45, 2.75) is 96.5 Å². The Balaban J connectivity index is 3.78. The number of carbonyl (C=O) groups excluding carboxylic acids is 1. The fraction of sp³-hybridized carbons (Fsp3) is 0.957. The molecule has 0 aromatic heterocycles. The zero-order valence-corrected chi connectivity index (χ0v) is 21.8. The van der Waals surface area contributed by atoms with Crippen LogP contribution in [0.15, 0.2) is 0 Å². The van der Waals surface area contributed by atoms with Gasteiger partial charge in [0.15, 0.2) is 0 Å². The van der Waals surface area contributed by atoms with Crippen LogP contribution in [-0.4, -0.2) is 74.1 Å².